The number of nitrogens with one attached hydrogen (secondary N) is 5. The van der Waals surface area contributed by atoms with Gasteiger partial charge in [0.25, 0.3) is 27.8 Å². The topological polar surface area (TPSA) is 538 Å². The van der Waals surface area contributed by atoms with E-state index in [4.69, 9.17) is 31.3 Å². The first-order valence-corrected chi connectivity index (χ1v) is 43.3. The Morgan fingerprint density at radius 2 is 0.699 bits per heavy atom. The smallest absolute Gasteiger partial charge is 0.345 e. The largest absolute Gasteiger partial charge is 0.506 e. The number of rotatable bonds is 22. The average molecular weight is 1850 g/mol. The first-order chi connectivity index (χ1) is 62.9. The van der Waals surface area contributed by atoms with Gasteiger partial charge in [0.1, 0.15) is 52.4 Å². The fourth-order valence-corrected chi connectivity index (χ4v) is 17.3. The number of aromatic nitrogens is 5. The maximum Gasteiger partial charge on any atom is 0.345 e. The van der Waals surface area contributed by atoms with Crippen molar-refractivity contribution in [3.8, 4) is 85.0 Å². The number of carbonyl (C=O) groups is 5. The number of nitrogens with two attached hydrogens (primary N) is 1. The second-order valence-corrected chi connectivity index (χ2v) is 34.0. The third-order valence-corrected chi connectivity index (χ3v) is 24.8. The van der Waals surface area contributed by atoms with Gasteiger partial charge in [-0.25, -0.2) is 41.5 Å². The number of hydrogen-bond acceptors (Lipinski definition) is 24. The number of aromatic carboxylic acids is 5. The van der Waals surface area contributed by atoms with Crippen LogP contribution < -0.4 is 58.0 Å². The molecule has 5 atom stereocenters. The van der Waals surface area contributed by atoms with Crippen molar-refractivity contribution >= 4 is 58.3 Å². The van der Waals surface area contributed by atoms with Crippen LogP contribution in [-0.4, -0.2) is 231 Å². The number of likely N-dealkylation sites (N-methyl/N-ethyl adjacent to an activating group) is 1. The number of nitrogens with zero attached hydrogens (tertiary/aromatic N) is 6. The van der Waals surface area contributed by atoms with Crippen molar-refractivity contribution in [3.05, 3.63) is 228 Å². The van der Waals surface area contributed by atoms with E-state index in [9.17, 15) is 101 Å². The molecule has 0 aliphatic carbocycles. The van der Waals surface area contributed by atoms with Crippen LogP contribution in [-0.2, 0) is 32.1 Å². The monoisotopic (exact) mass is 1840 g/mol. The average Bonchev–Trinajstić information content (AvgIpc) is 1.49. The number of alkyl halides is 1. The maximum atomic E-state index is 14.9. The number of aromatic amines is 5. The Kier molecular flexibility index (Phi) is 31.0. The number of carboxylic acid groups (broad SMARTS) is 5. The molecule has 5 aromatic carbocycles. The summed E-state index contributed by atoms with van der Waals surface area (Å²) in [4.78, 5) is 141. The quantitative estimate of drug-likeness (QED) is 0.0280. The predicted molar refractivity (Wildman–Crippen MR) is 493 cm³/mol. The van der Waals surface area contributed by atoms with Gasteiger partial charge >= 0.3 is 29.8 Å². The molecule has 15 rings (SSSR count). The summed E-state index contributed by atoms with van der Waals surface area (Å²) in [6.07, 6.45) is 3.74. The van der Waals surface area contributed by atoms with Crippen molar-refractivity contribution in [1.29, 1.82) is 0 Å². The van der Waals surface area contributed by atoms with Crippen molar-refractivity contribution in [2.75, 3.05) is 111 Å². The van der Waals surface area contributed by atoms with E-state index in [1.165, 1.54) is 30.3 Å². The van der Waals surface area contributed by atoms with Crippen molar-refractivity contribution in [3.63, 3.8) is 0 Å². The summed E-state index contributed by atoms with van der Waals surface area (Å²) < 4.78 is 57.7. The molecule has 5 aromatic heterocycles. The lowest BCUT2D eigenvalue weighted by molar-refractivity contribution is 0.0680. The first kappa shape index (κ1) is 99.3. The van der Waals surface area contributed by atoms with E-state index in [-0.39, 0.29) is 81.7 Å². The molecule has 0 spiro atoms. The van der Waals surface area contributed by atoms with Crippen LogP contribution in [0.2, 0.25) is 0 Å². The van der Waals surface area contributed by atoms with Gasteiger partial charge in [-0.15, -0.1) is 0 Å². The summed E-state index contributed by atoms with van der Waals surface area (Å²) in [5.74, 6) is -12.2. The summed E-state index contributed by atoms with van der Waals surface area (Å²) in [7, 11) is 4.04. The van der Waals surface area contributed by atoms with Crippen LogP contribution in [0.3, 0.4) is 0 Å². The highest BCUT2D eigenvalue weighted by atomic mass is 19.1. The second-order valence-electron chi connectivity index (χ2n) is 34.0. The molecule has 5 fully saturated rings. The molecule has 0 bridgehead atoms. The highest BCUT2D eigenvalue weighted by molar-refractivity contribution is 5.95. The van der Waals surface area contributed by atoms with Gasteiger partial charge < -0.3 is 121 Å². The third kappa shape index (κ3) is 21.5. The number of carboxylic acids is 5. The Bertz CT molecular complexity index is 6270. The SMILES string of the molecule is CCc1c(-c2ccc(N3CCC(C)(CN)C3)cc2)[nH]c(=O)c(C(=O)O)c1O.CCc1c(-c2ccc(N3CCC(C)(O)C3)cc2)[nH]c(=O)c(C(=O)O)c1O.CCc1c(-c2ccc(N3CCC(N(C)C)C3)cc2F)[nH]c(=O)c(C(=O)O)c1O.CCc1c(-c2ccc(N3CC[C@H](F)C3)cc2F)[nH]c(=O)c(C(=O)O)c1O.CCc1c(-c2ccc(N3CC[C@H](O)C3)cc2F)[nH]c(=O)c(C(=O)O)c1O. The van der Waals surface area contributed by atoms with Gasteiger partial charge in [0.05, 0.1) is 40.2 Å². The minimum atomic E-state index is -1.56. The second kappa shape index (κ2) is 41.5. The van der Waals surface area contributed by atoms with Crippen molar-refractivity contribution in [2.45, 2.75) is 137 Å². The number of aliphatic hydroxyl groups is 2. The van der Waals surface area contributed by atoms with E-state index in [0.717, 1.165) is 68.2 Å². The van der Waals surface area contributed by atoms with Gasteiger partial charge in [-0.05, 0) is 187 Å². The fraction of sp³-hybridized carbons (Fsp3) is 0.368. The lowest BCUT2D eigenvalue weighted by Crippen LogP contribution is -2.31. The van der Waals surface area contributed by atoms with E-state index in [1.807, 2.05) is 74.4 Å². The molecule has 0 saturated carbocycles. The standard InChI is InChI=1S/C20H24FN3O4.C20H25N3O4.C19H22N2O5.C18H18F2N2O4.C18H19FN2O5/c1-4-13-17(22-19(26)16(18(13)25)20(27)28)14-6-5-11(9-15(14)21)24-8-7-12(10-24)23(2)3;1-3-14-16(22-18(25)15(17(14)24)19(26)27)12-4-6-13(7-5-12)23-9-8-20(2,10-21)11-23;1-3-13-15(20-17(23)14(16(13)22)18(24)25)11-4-6-12(7-5-11)21-9-8-19(2,26)10-21;1-2-11-15(21-17(24)14(16(11)23)18(25)26)12-4-3-10(7-13(12)20)22-6-5-9(19)8-22;1-2-11-15(20-17(24)14(16(11)23)18(25)26)12-4-3-9(7-13(12)19)21-6-5-10(22)8-21/h5-6,9,12H,4,7-8,10H2,1-3H3,(H,27,28)(H2,22,25,26);4-7H,3,8-11,21H2,1-2H3,(H,26,27)(H2,22,24,25);4-7,26H,3,8-10H2,1-2H3,(H,24,25)(H2,20,22,23);3-4,7,9H,2,5-6,8H2,1H3,(H,25,26)(H2,21,23,24);3-4,7,10,22H,2,5-6,8H2,1H3,(H,25,26)(H2,20,23,24)/t;;;9-;10-/m...00/s1. The summed E-state index contributed by atoms with van der Waals surface area (Å²) in [5, 5.41) is 116. The molecule has 3 unspecified atom stereocenters. The lowest BCUT2D eigenvalue weighted by Gasteiger charge is -2.24. The van der Waals surface area contributed by atoms with Crippen LogP contribution in [0.5, 0.6) is 28.7 Å². The maximum absolute atomic E-state index is 14.9. The molecule has 133 heavy (non-hydrogen) atoms. The number of β-amino-alcohol motifs (C(OH)–C–C–N with tert-alkyl or cyclic N) is 2. The molecule has 5 aliphatic heterocycles. The van der Waals surface area contributed by atoms with Gasteiger partial charge in [0, 0.05) is 144 Å². The Balaban J connectivity index is 0.000000160. The summed E-state index contributed by atoms with van der Waals surface area (Å²) >= 11 is 0. The van der Waals surface area contributed by atoms with Gasteiger partial charge in [0.2, 0.25) is 0 Å². The van der Waals surface area contributed by atoms with E-state index in [0.29, 0.717) is 110 Å². The normalized spacial score (nSPS) is 17.9. The van der Waals surface area contributed by atoms with E-state index in [2.05, 4.69) is 51.4 Å². The molecule has 0 radical (unpaired) electrons. The molecule has 5 aliphatic rings. The summed E-state index contributed by atoms with van der Waals surface area (Å²) in [6.45, 7) is 19.8. The van der Waals surface area contributed by atoms with Gasteiger partial charge in [-0.1, -0.05) is 65.8 Å². The lowest BCUT2D eigenvalue weighted by atomic mass is 9.90. The highest BCUT2D eigenvalue weighted by Crippen LogP contribution is 2.41. The number of halogens is 4. The zero-order valence-electron chi connectivity index (χ0n) is 74.6. The Morgan fingerprint density at radius 1 is 0.406 bits per heavy atom. The van der Waals surface area contributed by atoms with Crippen LogP contribution in [0.4, 0.5) is 46.0 Å². The van der Waals surface area contributed by atoms with Gasteiger partial charge in [0.15, 0.2) is 27.8 Å². The van der Waals surface area contributed by atoms with Crippen LogP contribution >= 0.6 is 0 Å². The number of aromatic hydroxyl groups is 5. The molecule has 38 heteroatoms. The molecule has 708 valence electrons. The minimum absolute atomic E-state index is 0.0333. The third-order valence-electron chi connectivity index (χ3n) is 24.8. The molecule has 5 saturated heterocycles. The van der Waals surface area contributed by atoms with E-state index < -0.39 is 150 Å². The van der Waals surface area contributed by atoms with Crippen molar-refractivity contribution in [2.24, 2.45) is 11.1 Å². The summed E-state index contributed by atoms with van der Waals surface area (Å²) in [6, 6.07) is 28.9. The first-order valence-electron chi connectivity index (χ1n) is 43.3. The molecule has 0 amide bonds. The van der Waals surface area contributed by atoms with E-state index in [1.54, 1.807) is 63.8 Å². The Hall–Kier alpha value is -14.2. The predicted octanol–water partition coefficient (Wildman–Crippen LogP) is 10.9. The number of pyridine rings is 5. The molecular formula is C95H108F4N12O22. The molecule has 34 nitrogen and oxygen atoms in total. The zero-order chi connectivity index (χ0) is 97.4. The van der Waals surface area contributed by atoms with Crippen LogP contribution in [0.1, 0.15) is 160 Å². The van der Waals surface area contributed by atoms with Crippen molar-refractivity contribution < 1.29 is 103 Å². The van der Waals surface area contributed by atoms with Crippen LogP contribution in [0, 0.1) is 22.9 Å². The zero-order valence-corrected chi connectivity index (χ0v) is 74.6. The molecule has 10 heterocycles. The number of H-pyrrole nitrogens is 5. The van der Waals surface area contributed by atoms with Crippen LogP contribution in [0.15, 0.2) is 127 Å². The molecule has 19 N–H and O–H groups in total. The van der Waals surface area contributed by atoms with E-state index >= 15 is 0 Å². The molecule has 10 aromatic rings. The minimum Gasteiger partial charge on any atom is -0.506 e. The molecular weight excluding hydrogens is 1740 g/mol. The van der Waals surface area contributed by atoms with Gasteiger partial charge in [-0.3, -0.25) is 24.0 Å². The Morgan fingerprint density at radius 3 is 0.962 bits per heavy atom. The number of hydrogen-bond donors (Lipinski definition) is 18. The van der Waals surface area contributed by atoms with Crippen molar-refractivity contribution in [1.82, 2.24) is 29.8 Å². The summed E-state index contributed by atoms with van der Waals surface area (Å²) in [5.41, 5.74) is 5.06. The number of anilines is 5. The Labute approximate surface area is 758 Å². The number of aliphatic hydroxyl groups excluding tert-OH is 1. The highest BCUT2D eigenvalue weighted by Gasteiger charge is 2.36. The van der Waals surface area contributed by atoms with Crippen LogP contribution in [0.25, 0.3) is 56.3 Å². The fourth-order valence-electron chi connectivity index (χ4n) is 17.3. The van der Waals surface area contributed by atoms with Gasteiger partial charge in [-0.2, -0.15) is 0 Å². The number of benzene rings is 5.